The van der Waals surface area contributed by atoms with Crippen LogP contribution in [0.25, 0.3) is 11.3 Å². The van der Waals surface area contributed by atoms with Gasteiger partial charge in [-0.1, -0.05) is 41.9 Å². The van der Waals surface area contributed by atoms with E-state index in [1.165, 1.54) is 4.68 Å². The Labute approximate surface area is 110 Å². The highest BCUT2D eigenvalue weighted by molar-refractivity contribution is 6.31. The van der Waals surface area contributed by atoms with Crippen molar-refractivity contribution in [2.24, 2.45) is 0 Å². The molecule has 0 saturated carbocycles. The molecule has 0 unspecified atom stereocenters. The molecule has 0 fully saturated rings. The molecule has 2 aromatic rings. The molecular weight excluding hydrogens is 248 g/mol. The number of nitriles is 2. The van der Waals surface area contributed by atoms with E-state index in [0.717, 1.165) is 5.56 Å². The molecule has 18 heavy (non-hydrogen) atoms. The zero-order valence-electron chi connectivity index (χ0n) is 9.47. The van der Waals surface area contributed by atoms with E-state index in [9.17, 15) is 0 Å². The van der Waals surface area contributed by atoms with Crippen LogP contribution in [0.5, 0.6) is 0 Å². The smallest absolute Gasteiger partial charge is 0.145 e. The van der Waals surface area contributed by atoms with Crippen LogP contribution in [0.3, 0.4) is 0 Å². The van der Waals surface area contributed by atoms with Gasteiger partial charge >= 0.3 is 0 Å². The summed E-state index contributed by atoms with van der Waals surface area (Å²) in [6.45, 7) is 0.386. The van der Waals surface area contributed by atoms with Gasteiger partial charge in [-0.15, -0.1) is 0 Å². The monoisotopic (exact) mass is 256 g/mol. The average Bonchev–Trinajstić information content (AvgIpc) is 2.74. The van der Waals surface area contributed by atoms with Crippen LogP contribution < -0.4 is 0 Å². The van der Waals surface area contributed by atoms with Crippen molar-refractivity contribution in [3.8, 4) is 23.4 Å². The first-order valence-corrected chi connectivity index (χ1v) is 5.74. The molecule has 0 aliphatic heterocycles. The number of rotatable bonds is 3. The first-order chi connectivity index (χ1) is 8.77. The molecule has 0 atom stereocenters. The number of hydrogen-bond acceptors (Lipinski definition) is 3. The third-order valence-electron chi connectivity index (χ3n) is 2.48. The van der Waals surface area contributed by atoms with Gasteiger partial charge in [0.15, 0.2) is 0 Å². The summed E-state index contributed by atoms with van der Waals surface area (Å²) >= 11 is 6.08. The fourth-order valence-corrected chi connectivity index (χ4v) is 1.90. The lowest BCUT2D eigenvalue weighted by Crippen LogP contribution is -1.99. The molecule has 1 heterocycles. The number of aromatic nitrogens is 2. The van der Waals surface area contributed by atoms with Crippen LogP contribution in [0.4, 0.5) is 0 Å². The van der Waals surface area contributed by atoms with Crippen molar-refractivity contribution in [2.75, 3.05) is 0 Å². The maximum Gasteiger partial charge on any atom is 0.145 e. The third-order valence-corrected chi connectivity index (χ3v) is 2.87. The summed E-state index contributed by atoms with van der Waals surface area (Å²) in [7, 11) is 0. The Morgan fingerprint density at radius 1 is 1.22 bits per heavy atom. The van der Waals surface area contributed by atoms with Gasteiger partial charge in [0.1, 0.15) is 22.5 Å². The summed E-state index contributed by atoms with van der Waals surface area (Å²) in [5.41, 5.74) is 1.74. The Bertz CT molecular complexity index is 631. The predicted octanol–water partition coefficient (Wildman–Crippen LogP) is 2.99. The number of hydrogen-bond donors (Lipinski definition) is 0. The van der Waals surface area contributed by atoms with E-state index in [0.29, 0.717) is 24.2 Å². The molecule has 0 aliphatic rings. The van der Waals surface area contributed by atoms with Crippen molar-refractivity contribution < 1.29 is 0 Å². The van der Waals surface area contributed by atoms with E-state index < -0.39 is 0 Å². The fourth-order valence-electron chi connectivity index (χ4n) is 1.64. The third kappa shape index (κ3) is 2.20. The molecule has 0 spiro atoms. The van der Waals surface area contributed by atoms with E-state index in [4.69, 9.17) is 22.1 Å². The molecule has 1 aromatic carbocycles. The lowest BCUT2D eigenvalue weighted by atomic mass is 10.1. The molecule has 0 radical (unpaired) electrons. The first-order valence-electron chi connectivity index (χ1n) is 5.36. The highest BCUT2D eigenvalue weighted by Crippen LogP contribution is 2.27. The number of nitrogens with zero attached hydrogens (tertiary/aromatic N) is 4. The highest BCUT2D eigenvalue weighted by atomic mass is 35.5. The van der Waals surface area contributed by atoms with Crippen molar-refractivity contribution in [2.45, 2.75) is 13.0 Å². The molecule has 0 aliphatic carbocycles. The maximum atomic E-state index is 9.15. The zero-order valence-corrected chi connectivity index (χ0v) is 10.2. The largest absolute Gasteiger partial charge is 0.251 e. The van der Waals surface area contributed by atoms with Gasteiger partial charge in [0.05, 0.1) is 19.0 Å². The zero-order chi connectivity index (χ0) is 13.0. The molecule has 0 bridgehead atoms. The minimum atomic E-state index is 0.284. The van der Waals surface area contributed by atoms with E-state index in [1.54, 1.807) is 0 Å². The second-order valence-corrected chi connectivity index (χ2v) is 3.98. The van der Waals surface area contributed by atoms with Crippen molar-refractivity contribution in [1.82, 2.24) is 9.78 Å². The second kappa shape index (κ2) is 5.35. The van der Waals surface area contributed by atoms with E-state index in [2.05, 4.69) is 11.2 Å². The van der Waals surface area contributed by atoms with Crippen molar-refractivity contribution >= 4 is 11.6 Å². The number of aryl methyl sites for hydroxylation is 1. The van der Waals surface area contributed by atoms with Crippen molar-refractivity contribution in [3.63, 3.8) is 0 Å². The molecule has 1 aromatic heterocycles. The Morgan fingerprint density at radius 3 is 2.56 bits per heavy atom. The molecule has 4 nitrogen and oxygen atoms in total. The van der Waals surface area contributed by atoms with Gasteiger partial charge in [0, 0.05) is 5.56 Å². The van der Waals surface area contributed by atoms with Gasteiger partial charge in [0.25, 0.3) is 0 Å². The highest BCUT2D eigenvalue weighted by Gasteiger charge is 2.17. The number of halogens is 1. The molecule has 88 valence electrons. The molecular formula is C13H9ClN4. The van der Waals surface area contributed by atoms with Crippen LogP contribution >= 0.6 is 11.6 Å². The Kier molecular flexibility index (Phi) is 3.62. The Balaban J connectivity index is 2.49. The molecule has 0 amide bonds. The SMILES string of the molecule is N#CCCn1nc(-c2ccccc2)c(C#N)c1Cl. The van der Waals surface area contributed by atoms with E-state index in [-0.39, 0.29) is 5.15 Å². The van der Waals surface area contributed by atoms with Crippen LogP contribution in [0.1, 0.15) is 12.0 Å². The minimum Gasteiger partial charge on any atom is -0.251 e. The second-order valence-electron chi connectivity index (χ2n) is 3.62. The molecule has 2 rings (SSSR count). The lowest BCUT2D eigenvalue weighted by molar-refractivity contribution is 0.630. The summed E-state index contributed by atoms with van der Waals surface area (Å²) < 4.78 is 1.49. The topological polar surface area (TPSA) is 65.4 Å². The normalized spacial score (nSPS) is 9.72. The van der Waals surface area contributed by atoms with Gasteiger partial charge < -0.3 is 0 Å². The van der Waals surface area contributed by atoms with Gasteiger partial charge in [-0.2, -0.15) is 15.6 Å². The Morgan fingerprint density at radius 2 is 1.94 bits per heavy atom. The predicted molar refractivity (Wildman–Crippen MR) is 67.6 cm³/mol. The van der Waals surface area contributed by atoms with Crippen LogP contribution in [-0.4, -0.2) is 9.78 Å². The van der Waals surface area contributed by atoms with Crippen molar-refractivity contribution in [1.29, 1.82) is 10.5 Å². The van der Waals surface area contributed by atoms with Crippen LogP contribution in [0, 0.1) is 22.7 Å². The van der Waals surface area contributed by atoms with Gasteiger partial charge in [-0.25, -0.2) is 0 Å². The van der Waals surface area contributed by atoms with Crippen LogP contribution in [0.15, 0.2) is 30.3 Å². The standard InChI is InChI=1S/C13H9ClN4/c14-13-11(9-16)12(10-5-2-1-3-6-10)17-18(13)8-4-7-15/h1-3,5-6H,4,8H2. The summed E-state index contributed by atoms with van der Waals surface area (Å²) in [5, 5.41) is 22.3. The van der Waals surface area contributed by atoms with Gasteiger partial charge in [-0.3, -0.25) is 4.68 Å². The average molecular weight is 257 g/mol. The molecule has 5 heteroatoms. The van der Waals surface area contributed by atoms with Crippen molar-refractivity contribution in [3.05, 3.63) is 41.0 Å². The lowest BCUT2D eigenvalue weighted by Gasteiger charge is -1.97. The molecule has 0 saturated heterocycles. The fraction of sp³-hybridized carbons (Fsp3) is 0.154. The van der Waals surface area contributed by atoms with Gasteiger partial charge in [-0.05, 0) is 0 Å². The summed E-state index contributed by atoms with van der Waals surface area (Å²) in [5.74, 6) is 0. The van der Waals surface area contributed by atoms with Crippen LogP contribution in [-0.2, 0) is 6.54 Å². The number of benzene rings is 1. The summed E-state index contributed by atoms with van der Waals surface area (Å²) in [4.78, 5) is 0. The quantitative estimate of drug-likeness (QED) is 0.848. The molecule has 0 N–H and O–H groups in total. The van der Waals surface area contributed by atoms with E-state index in [1.807, 2.05) is 36.4 Å². The summed E-state index contributed by atoms with van der Waals surface area (Å²) in [6.07, 6.45) is 0.306. The Hall–Kier alpha value is -2.30. The first kappa shape index (κ1) is 12.2. The van der Waals surface area contributed by atoms with Crippen LogP contribution in [0.2, 0.25) is 5.15 Å². The summed E-state index contributed by atoms with van der Waals surface area (Å²) in [6, 6.07) is 13.5. The minimum absolute atomic E-state index is 0.284. The maximum absolute atomic E-state index is 9.15. The van der Waals surface area contributed by atoms with E-state index >= 15 is 0 Å². The van der Waals surface area contributed by atoms with Gasteiger partial charge in [0.2, 0.25) is 0 Å².